The van der Waals surface area contributed by atoms with E-state index in [1.165, 1.54) is 0 Å². The van der Waals surface area contributed by atoms with Crippen molar-refractivity contribution in [3.05, 3.63) is 11.6 Å². The fraction of sp³-hybridized carbons (Fsp3) is 0.789. The summed E-state index contributed by atoms with van der Waals surface area (Å²) in [7, 11) is 0. The number of carbonyl (C=O) groups is 2. The lowest BCUT2D eigenvalue weighted by atomic mass is 9.47. The van der Waals surface area contributed by atoms with Crippen molar-refractivity contribution in [2.75, 3.05) is 0 Å². The minimum absolute atomic E-state index is 0.00348. The molecule has 0 saturated heterocycles. The molecule has 0 aromatic rings. The SMILES string of the molecule is C[C@]12CCC3C(CC(=O)C4=CC(=O)CC[C@@]43C)C1CCC2O. The van der Waals surface area contributed by atoms with Crippen LogP contribution < -0.4 is 0 Å². The molecule has 0 bridgehead atoms. The molecule has 4 rings (SSSR count). The predicted octanol–water partition coefficient (Wildman–Crippen LogP) is 3.06. The van der Waals surface area contributed by atoms with Crippen LogP contribution in [0.4, 0.5) is 0 Å². The van der Waals surface area contributed by atoms with Crippen LogP contribution in [0.1, 0.15) is 58.8 Å². The second kappa shape index (κ2) is 4.53. The highest BCUT2D eigenvalue weighted by molar-refractivity contribution is 6.05. The van der Waals surface area contributed by atoms with Crippen LogP contribution in [0.2, 0.25) is 0 Å². The van der Waals surface area contributed by atoms with Crippen LogP contribution in [-0.2, 0) is 9.59 Å². The first-order chi connectivity index (χ1) is 10.4. The normalized spacial score (nSPS) is 51.0. The summed E-state index contributed by atoms with van der Waals surface area (Å²) in [5.41, 5.74) is 0.707. The Balaban J connectivity index is 1.75. The molecule has 1 N–H and O–H groups in total. The molecule has 4 aliphatic carbocycles. The number of rotatable bonds is 0. The third kappa shape index (κ3) is 1.72. The zero-order valence-electron chi connectivity index (χ0n) is 13.6. The summed E-state index contributed by atoms with van der Waals surface area (Å²) >= 11 is 0. The van der Waals surface area contributed by atoms with E-state index in [0.717, 1.165) is 37.7 Å². The lowest BCUT2D eigenvalue weighted by molar-refractivity contribution is -0.132. The quantitative estimate of drug-likeness (QED) is 0.748. The van der Waals surface area contributed by atoms with Crippen LogP contribution >= 0.6 is 0 Å². The number of ketones is 2. The maximum absolute atomic E-state index is 12.7. The van der Waals surface area contributed by atoms with E-state index in [-0.39, 0.29) is 28.5 Å². The lowest BCUT2D eigenvalue weighted by Crippen LogP contribution is -2.53. The minimum atomic E-state index is -0.203. The van der Waals surface area contributed by atoms with Crippen molar-refractivity contribution in [2.45, 2.75) is 64.9 Å². The molecule has 3 heteroatoms. The summed E-state index contributed by atoms with van der Waals surface area (Å²) in [5, 5.41) is 10.4. The van der Waals surface area contributed by atoms with Crippen molar-refractivity contribution < 1.29 is 14.7 Å². The Bertz CT molecular complexity index is 577. The molecule has 4 unspecified atom stereocenters. The van der Waals surface area contributed by atoms with Crippen molar-refractivity contribution in [3.63, 3.8) is 0 Å². The summed E-state index contributed by atoms with van der Waals surface area (Å²) in [5.74, 6) is 1.70. The van der Waals surface area contributed by atoms with Crippen LogP contribution in [0.3, 0.4) is 0 Å². The van der Waals surface area contributed by atoms with E-state index < -0.39 is 0 Å². The van der Waals surface area contributed by atoms with Gasteiger partial charge in [0.15, 0.2) is 11.6 Å². The van der Waals surface area contributed by atoms with Gasteiger partial charge in [0, 0.05) is 18.4 Å². The predicted molar refractivity (Wildman–Crippen MR) is 83.1 cm³/mol. The highest BCUT2D eigenvalue weighted by Gasteiger charge is 2.60. The molecule has 0 radical (unpaired) electrons. The van der Waals surface area contributed by atoms with Gasteiger partial charge in [0.25, 0.3) is 0 Å². The monoisotopic (exact) mass is 302 g/mol. The van der Waals surface area contributed by atoms with Crippen molar-refractivity contribution in [3.8, 4) is 0 Å². The molecule has 3 saturated carbocycles. The number of allylic oxidation sites excluding steroid dienone is 1. The van der Waals surface area contributed by atoms with Crippen molar-refractivity contribution in [1.29, 1.82) is 0 Å². The van der Waals surface area contributed by atoms with Gasteiger partial charge in [0.2, 0.25) is 0 Å². The Morgan fingerprint density at radius 3 is 2.64 bits per heavy atom. The van der Waals surface area contributed by atoms with Gasteiger partial charge in [-0.2, -0.15) is 0 Å². The Kier molecular flexibility index (Phi) is 3.01. The van der Waals surface area contributed by atoms with Crippen molar-refractivity contribution in [2.24, 2.45) is 28.6 Å². The smallest absolute Gasteiger partial charge is 0.159 e. The Hall–Kier alpha value is -0.960. The molecule has 0 aliphatic heterocycles. The third-order valence-corrected chi connectivity index (χ3v) is 7.74. The van der Waals surface area contributed by atoms with E-state index in [0.29, 0.717) is 30.6 Å². The van der Waals surface area contributed by atoms with Crippen molar-refractivity contribution in [1.82, 2.24) is 0 Å². The summed E-state index contributed by atoms with van der Waals surface area (Å²) in [4.78, 5) is 24.5. The number of aliphatic hydroxyl groups is 1. The molecule has 6 atom stereocenters. The number of hydrogen-bond acceptors (Lipinski definition) is 3. The van der Waals surface area contributed by atoms with Gasteiger partial charge in [0.05, 0.1) is 6.10 Å². The Morgan fingerprint density at radius 1 is 1.09 bits per heavy atom. The molecule has 0 amide bonds. The van der Waals surface area contributed by atoms with Gasteiger partial charge in [0.1, 0.15) is 0 Å². The van der Waals surface area contributed by atoms with Crippen LogP contribution in [-0.4, -0.2) is 22.8 Å². The molecule has 3 nitrogen and oxygen atoms in total. The molecule has 120 valence electrons. The molecule has 0 spiro atoms. The summed E-state index contributed by atoms with van der Waals surface area (Å²) in [6.45, 7) is 4.45. The number of aliphatic hydroxyl groups excluding tert-OH is 1. The highest BCUT2D eigenvalue weighted by atomic mass is 16.3. The first kappa shape index (κ1) is 14.6. The topological polar surface area (TPSA) is 54.4 Å². The maximum Gasteiger partial charge on any atom is 0.159 e. The third-order valence-electron chi connectivity index (χ3n) is 7.74. The highest BCUT2D eigenvalue weighted by Crippen LogP contribution is 2.64. The summed E-state index contributed by atoms with van der Waals surface area (Å²) < 4.78 is 0. The van der Waals surface area contributed by atoms with Gasteiger partial charge >= 0.3 is 0 Å². The molecular formula is C19H26O3. The van der Waals surface area contributed by atoms with E-state index in [1.807, 2.05) is 0 Å². The fourth-order valence-electron chi connectivity index (χ4n) is 6.36. The fourth-order valence-corrected chi connectivity index (χ4v) is 6.36. The lowest BCUT2D eigenvalue weighted by Gasteiger charge is -2.56. The van der Waals surface area contributed by atoms with Gasteiger partial charge in [-0.1, -0.05) is 13.8 Å². The molecule has 0 aromatic carbocycles. The molecular weight excluding hydrogens is 276 g/mol. The van der Waals surface area contributed by atoms with Crippen molar-refractivity contribution >= 4 is 11.6 Å². The van der Waals surface area contributed by atoms with E-state index in [2.05, 4.69) is 13.8 Å². The molecule has 0 heterocycles. The first-order valence-corrected chi connectivity index (χ1v) is 8.82. The van der Waals surface area contributed by atoms with E-state index >= 15 is 0 Å². The first-order valence-electron chi connectivity index (χ1n) is 8.82. The van der Waals surface area contributed by atoms with Gasteiger partial charge in [-0.05, 0) is 66.8 Å². The van der Waals surface area contributed by atoms with Crippen LogP contribution in [0, 0.1) is 28.6 Å². The zero-order chi connectivity index (χ0) is 15.7. The summed E-state index contributed by atoms with van der Waals surface area (Å²) in [6.07, 6.45) is 7.54. The Morgan fingerprint density at radius 2 is 1.86 bits per heavy atom. The van der Waals surface area contributed by atoms with Crippen LogP contribution in [0.15, 0.2) is 11.6 Å². The zero-order valence-corrected chi connectivity index (χ0v) is 13.6. The second-order valence-corrected chi connectivity index (χ2v) is 8.58. The van der Waals surface area contributed by atoms with E-state index in [4.69, 9.17) is 0 Å². The average molecular weight is 302 g/mol. The van der Waals surface area contributed by atoms with Gasteiger partial charge in [-0.3, -0.25) is 9.59 Å². The Labute approximate surface area is 132 Å². The minimum Gasteiger partial charge on any atom is -0.393 e. The molecule has 4 aliphatic rings. The number of fused-ring (bicyclic) bond motifs is 5. The van der Waals surface area contributed by atoms with Gasteiger partial charge < -0.3 is 5.11 Å². The maximum atomic E-state index is 12.7. The van der Waals surface area contributed by atoms with Crippen LogP contribution in [0.5, 0.6) is 0 Å². The van der Waals surface area contributed by atoms with Gasteiger partial charge in [-0.15, -0.1) is 0 Å². The molecule has 22 heavy (non-hydrogen) atoms. The number of Topliss-reactive ketones (excluding diaryl/α,β-unsaturated/α-hetero) is 1. The largest absolute Gasteiger partial charge is 0.393 e. The molecule has 3 fully saturated rings. The standard InChI is InChI=1S/C19H26O3/c1-18-7-5-11(20)9-15(18)16(21)10-12-13-3-4-17(22)19(13,2)8-6-14(12)18/h9,12-14,17,22H,3-8,10H2,1-2H3/t12?,13?,14?,17?,18-,19+/m1/s1. The summed E-state index contributed by atoms with van der Waals surface area (Å²) in [6, 6.07) is 0. The molecule has 0 aromatic heterocycles. The number of hydrogen-bond donors (Lipinski definition) is 1. The van der Waals surface area contributed by atoms with Crippen LogP contribution in [0.25, 0.3) is 0 Å². The average Bonchev–Trinajstić information content (AvgIpc) is 2.77. The van der Waals surface area contributed by atoms with Gasteiger partial charge in [-0.25, -0.2) is 0 Å². The number of carbonyl (C=O) groups excluding carboxylic acids is 2. The van der Waals surface area contributed by atoms with E-state index in [9.17, 15) is 14.7 Å². The second-order valence-electron chi connectivity index (χ2n) is 8.58. The van der Waals surface area contributed by atoms with E-state index in [1.54, 1.807) is 6.08 Å².